The van der Waals surface area contributed by atoms with Crippen molar-refractivity contribution in [2.45, 2.75) is 37.9 Å². The van der Waals surface area contributed by atoms with E-state index in [1.807, 2.05) is 13.8 Å². The lowest BCUT2D eigenvalue weighted by molar-refractivity contribution is -0.152. The van der Waals surface area contributed by atoms with Crippen molar-refractivity contribution < 1.29 is 19.3 Å². The summed E-state index contributed by atoms with van der Waals surface area (Å²) in [4.78, 5) is 0. The van der Waals surface area contributed by atoms with Crippen LogP contribution >= 0.6 is 24.0 Å². The van der Waals surface area contributed by atoms with Gasteiger partial charge < -0.3 is 19.3 Å². The molecule has 6 heteroatoms. The first-order valence-electron chi connectivity index (χ1n) is 5.42. The van der Waals surface area contributed by atoms with Crippen molar-refractivity contribution in [3.63, 3.8) is 0 Å². The molecule has 0 bridgehead atoms. The molecular weight excluding hydrogens is 248 g/mol. The van der Waals surface area contributed by atoms with Crippen molar-refractivity contribution in [3.05, 3.63) is 0 Å². The normalized spacial score (nSPS) is 22.5. The summed E-state index contributed by atoms with van der Waals surface area (Å²) in [7, 11) is 0. The minimum absolute atomic E-state index is 0.00378. The van der Waals surface area contributed by atoms with E-state index < -0.39 is 6.10 Å². The summed E-state index contributed by atoms with van der Waals surface area (Å²) in [5.41, 5.74) is 0. The van der Waals surface area contributed by atoms with Crippen molar-refractivity contribution >= 4 is 28.4 Å². The highest BCUT2D eigenvalue weighted by Crippen LogP contribution is 2.27. The fraction of sp³-hybridized carbons (Fsp3) is 0.900. The van der Waals surface area contributed by atoms with Crippen molar-refractivity contribution in [2.75, 3.05) is 19.8 Å². The Bertz CT molecular complexity index is 219. The molecule has 0 aromatic rings. The molecule has 0 radical (unpaired) electrons. The molecule has 0 saturated carbocycles. The average molecular weight is 266 g/mol. The minimum atomic E-state index is -0.520. The quantitative estimate of drug-likeness (QED) is 0.557. The summed E-state index contributed by atoms with van der Waals surface area (Å²) >= 11 is 6.30. The van der Waals surface area contributed by atoms with Gasteiger partial charge in [-0.25, -0.2) is 0 Å². The smallest absolute Gasteiger partial charge is 0.220 e. The zero-order chi connectivity index (χ0) is 12.0. The van der Waals surface area contributed by atoms with Crippen LogP contribution in [0.2, 0.25) is 0 Å². The monoisotopic (exact) mass is 266 g/mol. The molecule has 1 unspecified atom stereocenters. The van der Waals surface area contributed by atoms with E-state index in [1.165, 1.54) is 11.8 Å². The molecule has 0 aliphatic carbocycles. The Morgan fingerprint density at radius 2 is 2.12 bits per heavy atom. The summed E-state index contributed by atoms with van der Waals surface area (Å²) < 4.78 is 16.4. The number of hydrogen-bond acceptors (Lipinski definition) is 6. The van der Waals surface area contributed by atoms with Gasteiger partial charge in [-0.05, 0) is 26.1 Å². The van der Waals surface area contributed by atoms with Crippen LogP contribution < -0.4 is 0 Å². The molecule has 0 aromatic heterocycles. The van der Waals surface area contributed by atoms with E-state index in [0.717, 1.165) is 0 Å². The van der Waals surface area contributed by atoms with Crippen molar-refractivity contribution in [1.82, 2.24) is 0 Å². The second-order valence-electron chi connectivity index (χ2n) is 3.36. The van der Waals surface area contributed by atoms with E-state index in [9.17, 15) is 5.11 Å². The topological polar surface area (TPSA) is 47.9 Å². The van der Waals surface area contributed by atoms with Crippen LogP contribution in [-0.2, 0) is 14.2 Å². The molecule has 1 rings (SSSR count). The van der Waals surface area contributed by atoms with Crippen LogP contribution in [0.1, 0.15) is 20.3 Å². The molecule has 0 spiro atoms. The van der Waals surface area contributed by atoms with Crippen LogP contribution in [0, 0.1) is 0 Å². The Labute approximate surface area is 106 Å². The van der Waals surface area contributed by atoms with Gasteiger partial charge in [0.1, 0.15) is 6.61 Å². The van der Waals surface area contributed by atoms with Gasteiger partial charge in [0, 0.05) is 19.6 Å². The maximum absolute atomic E-state index is 9.97. The van der Waals surface area contributed by atoms with Crippen LogP contribution in [0.25, 0.3) is 0 Å². The molecule has 2 atom stereocenters. The van der Waals surface area contributed by atoms with E-state index in [1.54, 1.807) is 0 Å². The van der Waals surface area contributed by atoms with Gasteiger partial charge in [-0.1, -0.05) is 11.8 Å². The second kappa shape index (κ2) is 7.45. The molecule has 94 valence electrons. The molecule has 0 aromatic carbocycles. The third-order valence-corrected chi connectivity index (χ3v) is 3.65. The minimum Gasteiger partial charge on any atom is -0.477 e. The summed E-state index contributed by atoms with van der Waals surface area (Å²) in [6, 6.07) is 0. The van der Waals surface area contributed by atoms with Gasteiger partial charge in [-0.3, -0.25) is 0 Å². The first-order chi connectivity index (χ1) is 7.67. The zero-order valence-corrected chi connectivity index (χ0v) is 11.2. The summed E-state index contributed by atoms with van der Waals surface area (Å²) in [6.45, 7) is 5.42. The van der Waals surface area contributed by atoms with E-state index in [-0.39, 0.29) is 11.5 Å². The highest BCUT2D eigenvalue weighted by atomic mass is 32.2. The zero-order valence-electron chi connectivity index (χ0n) is 9.55. The van der Waals surface area contributed by atoms with Gasteiger partial charge in [0.05, 0.1) is 11.4 Å². The van der Waals surface area contributed by atoms with Gasteiger partial charge in [0.25, 0.3) is 0 Å². The predicted octanol–water partition coefficient (Wildman–Crippen LogP) is 1.55. The van der Waals surface area contributed by atoms with Crippen molar-refractivity contribution in [1.29, 1.82) is 0 Å². The molecule has 16 heavy (non-hydrogen) atoms. The third-order valence-electron chi connectivity index (χ3n) is 2.18. The Balaban J connectivity index is 2.34. The van der Waals surface area contributed by atoms with Crippen LogP contribution in [0.3, 0.4) is 0 Å². The number of ether oxygens (including phenoxy) is 3. The van der Waals surface area contributed by atoms with Gasteiger partial charge in [-0.15, -0.1) is 0 Å². The average Bonchev–Trinajstić information content (AvgIpc) is 2.65. The lowest BCUT2D eigenvalue weighted by Gasteiger charge is -2.22. The van der Waals surface area contributed by atoms with E-state index in [0.29, 0.717) is 30.6 Å². The molecule has 1 heterocycles. The molecular formula is C10H18O4S2. The number of aliphatic hydroxyl groups is 1. The van der Waals surface area contributed by atoms with Gasteiger partial charge in [0.2, 0.25) is 4.38 Å². The first-order valence-corrected chi connectivity index (χ1v) is 6.70. The van der Waals surface area contributed by atoms with Crippen LogP contribution in [0.4, 0.5) is 0 Å². The molecule has 1 saturated heterocycles. The summed E-state index contributed by atoms with van der Waals surface area (Å²) in [5, 5.41) is 9.97. The third kappa shape index (κ3) is 4.55. The number of aliphatic hydroxyl groups excluding tert-OH is 1. The Morgan fingerprint density at radius 3 is 2.56 bits per heavy atom. The van der Waals surface area contributed by atoms with Crippen molar-refractivity contribution in [3.8, 4) is 0 Å². The molecule has 1 fully saturated rings. The number of thioether (sulfide) groups is 1. The molecule has 4 nitrogen and oxygen atoms in total. The molecule has 0 amide bonds. The van der Waals surface area contributed by atoms with Gasteiger partial charge in [0.15, 0.2) is 6.29 Å². The van der Waals surface area contributed by atoms with Crippen LogP contribution in [-0.4, -0.2) is 47.0 Å². The maximum Gasteiger partial charge on any atom is 0.220 e. The van der Waals surface area contributed by atoms with Crippen LogP contribution in [0.15, 0.2) is 0 Å². The Hall–Kier alpha value is 0.120. The number of rotatable bonds is 7. The maximum atomic E-state index is 9.97. The van der Waals surface area contributed by atoms with E-state index >= 15 is 0 Å². The van der Waals surface area contributed by atoms with Crippen molar-refractivity contribution in [2.24, 2.45) is 0 Å². The highest BCUT2D eigenvalue weighted by molar-refractivity contribution is 8.23. The molecule has 1 N–H and O–H groups in total. The summed E-state index contributed by atoms with van der Waals surface area (Å²) in [6.07, 6.45) is -0.418. The van der Waals surface area contributed by atoms with E-state index in [4.69, 9.17) is 26.4 Å². The second-order valence-corrected chi connectivity index (χ2v) is 5.20. The van der Waals surface area contributed by atoms with Gasteiger partial charge in [-0.2, -0.15) is 0 Å². The molecule has 1 aliphatic heterocycles. The summed E-state index contributed by atoms with van der Waals surface area (Å²) in [5.74, 6) is 0. The van der Waals surface area contributed by atoms with E-state index in [2.05, 4.69) is 0 Å². The standard InChI is InChI=1S/C10H18O4S2/c1-3-12-9(13-4-2)5-7(11)8-6-14-10(15)16-8/h7-9,11H,3-6H2,1-2H3/t7-,8?/m0/s1. The molecule has 1 aliphatic rings. The highest BCUT2D eigenvalue weighted by Gasteiger charge is 2.30. The lowest BCUT2D eigenvalue weighted by Crippen LogP contribution is -2.31. The fourth-order valence-corrected chi connectivity index (χ4v) is 2.66. The Morgan fingerprint density at radius 1 is 1.50 bits per heavy atom. The Kier molecular flexibility index (Phi) is 6.60. The largest absolute Gasteiger partial charge is 0.477 e. The fourth-order valence-electron chi connectivity index (χ4n) is 1.44. The van der Waals surface area contributed by atoms with Gasteiger partial charge >= 0.3 is 0 Å². The SMILES string of the molecule is CCOC(C[C@H](O)C1COC(=S)S1)OCC. The van der Waals surface area contributed by atoms with Crippen LogP contribution in [0.5, 0.6) is 0 Å². The predicted molar refractivity (Wildman–Crippen MR) is 67.6 cm³/mol. The number of hydrogen-bond donors (Lipinski definition) is 1. The first kappa shape index (κ1) is 14.2. The number of thiocarbonyl (C=S) groups is 1. The lowest BCUT2D eigenvalue weighted by atomic mass is 10.2.